The summed E-state index contributed by atoms with van der Waals surface area (Å²) in [7, 11) is 0. The molecule has 2 N–H and O–H groups in total. The molecule has 208 valence electrons. The lowest BCUT2D eigenvalue weighted by atomic mass is 9.95. The summed E-state index contributed by atoms with van der Waals surface area (Å²) in [6.07, 6.45) is 1.87. The second kappa shape index (κ2) is 11.4. The van der Waals surface area contributed by atoms with Crippen LogP contribution < -0.4 is 15.4 Å². The number of halogens is 5. The van der Waals surface area contributed by atoms with E-state index >= 15 is 4.39 Å². The minimum Gasteiger partial charge on any atom is -0.454 e. The zero-order chi connectivity index (χ0) is 28.3. The second-order valence-electron chi connectivity index (χ2n) is 9.34. The van der Waals surface area contributed by atoms with E-state index in [0.717, 1.165) is 24.6 Å². The van der Waals surface area contributed by atoms with Crippen LogP contribution in [0.25, 0.3) is 17.6 Å². The third kappa shape index (κ3) is 5.81. The highest BCUT2D eigenvalue weighted by molar-refractivity contribution is 5.84. The molecule has 0 aliphatic carbocycles. The number of rotatable bonds is 7. The summed E-state index contributed by atoms with van der Waals surface area (Å²) in [5.74, 6) is -2.64. The van der Waals surface area contributed by atoms with Gasteiger partial charge in [-0.25, -0.2) is 13.5 Å². The Bertz CT molecular complexity index is 1500. The lowest BCUT2D eigenvalue weighted by molar-refractivity contribution is -0.138. The normalized spacial score (nSPS) is 16.3. The number of aromatic nitrogens is 4. The van der Waals surface area contributed by atoms with Crippen molar-refractivity contribution in [2.75, 3.05) is 24.5 Å². The number of anilines is 1. The summed E-state index contributed by atoms with van der Waals surface area (Å²) in [6, 6.07) is 10.6. The van der Waals surface area contributed by atoms with Gasteiger partial charge in [0.15, 0.2) is 17.4 Å². The van der Waals surface area contributed by atoms with Crippen molar-refractivity contribution in [1.29, 1.82) is 0 Å². The van der Waals surface area contributed by atoms with E-state index in [1.165, 1.54) is 53.6 Å². The maximum Gasteiger partial charge on any atom is 0.422 e. The molecule has 1 atom stereocenters. The van der Waals surface area contributed by atoms with Crippen molar-refractivity contribution in [3.05, 3.63) is 89.8 Å². The molecule has 0 saturated carbocycles. The molecule has 1 aliphatic heterocycles. The van der Waals surface area contributed by atoms with Crippen LogP contribution in [-0.2, 0) is 6.18 Å². The highest BCUT2D eigenvalue weighted by Crippen LogP contribution is 2.47. The van der Waals surface area contributed by atoms with Gasteiger partial charge in [-0.2, -0.15) is 28.5 Å². The molecule has 4 aromatic rings. The van der Waals surface area contributed by atoms with Gasteiger partial charge in [0.05, 0.1) is 23.8 Å². The summed E-state index contributed by atoms with van der Waals surface area (Å²) in [5.41, 5.74) is 4.90. The van der Waals surface area contributed by atoms with Crippen LogP contribution >= 0.6 is 0 Å². The van der Waals surface area contributed by atoms with Gasteiger partial charge in [-0.3, -0.25) is 0 Å². The summed E-state index contributed by atoms with van der Waals surface area (Å²) in [4.78, 5) is 1.55. The first-order chi connectivity index (χ1) is 19.2. The van der Waals surface area contributed by atoms with Gasteiger partial charge in [-0.1, -0.05) is 12.1 Å². The predicted molar refractivity (Wildman–Crippen MR) is 140 cm³/mol. The van der Waals surface area contributed by atoms with Gasteiger partial charge in [0.1, 0.15) is 17.0 Å². The minimum atomic E-state index is -4.90. The van der Waals surface area contributed by atoms with Crippen molar-refractivity contribution in [2.24, 2.45) is 11.7 Å². The van der Waals surface area contributed by atoms with Gasteiger partial charge < -0.3 is 15.4 Å². The zero-order valence-electron chi connectivity index (χ0n) is 21.2. The summed E-state index contributed by atoms with van der Waals surface area (Å²) < 4.78 is 80.8. The third-order valence-electron chi connectivity index (χ3n) is 6.63. The number of piperidine rings is 1. The van der Waals surface area contributed by atoms with Crippen LogP contribution in [0, 0.1) is 11.7 Å². The number of alkyl halides is 3. The molecule has 40 heavy (non-hydrogen) atoms. The van der Waals surface area contributed by atoms with Crippen molar-refractivity contribution in [2.45, 2.75) is 19.0 Å². The maximum absolute atomic E-state index is 15.5. The Balaban J connectivity index is 1.62. The molecule has 0 radical (unpaired) electrons. The fourth-order valence-corrected chi connectivity index (χ4v) is 4.74. The van der Waals surface area contributed by atoms with Crippen LogP contribution in [-0.4, -0.2) is 39.6 Å². The SMILES string of the molecule is NCC1CCCN(c2c(/C=C(\F)c3ccn(-c4ccnnc4)n3)ccc(Oc3ccccc3F)c2C(F)(F)F)C1. The van der Waals surface area contributed by atoms with Gasteiger partial charge in [0, 0.05) is 24.8 Å². The molecule has 12 heteroatoms. The van der Waals surface area contributed by atoms with E-state index in [-0.39, 0.29) is 35.2 Å². The van der Waals surface area contributed by atoms with Crippen molar-refractivity contribution in [3.63, 3.8) is 0 Å². The Hall–Kier alpha value is -4.32. The van der Waals surface area contributed by atoms with E-state index in [9.17, 15) is 17.6 Å². The fraction of sp³-hybridized carbons (Fsp3) is 0.250. The Morgan fingerprint density at radius 3 is 2.62 bits per heavy atom. The highest BCUT2D eigenvalue weighted by Gasteiger charge is 2.41. The van der Waals surface area contributed by atoms with E-state index in [1.54, 1.807) is 11.0 Å². The monoisotopic (exact) mass is 556 g/mol. The van der Waals surface area contributed by atoms with Crippen LogP contribution in [0.4, 0.5) is 27.6 Å². The first kappa shape index (κ1) is 27.3. The van der Waals surface area contributed by atoms with Gasteiger partial charge >= 0.3 is 6.18 Å². The Kier molecular flexibility index (Phi) is 7.78. The molecule has 1 unspecified atom stereocenters. The van der Waals surface area contributed by atoms with E-state index in [0.29, 0.717) is 25.2 Å². The molecular formula is C28H25F5N6O. The molecule has 7 nitrogen and oxygen atoms in total. The largest absolute Gasteiger partial charge is 0.454 e. The molecule has 1 fully saturated rings. The van der Waals surface area contributed by atoms with Crippen LogP contribution in [0.5, 0.6) is 11.5 Å². The molecule has 0 spiro atoms. The van der Waals surface area contributed by atoms with Crippen molar-refractivity contribution < 1.29 is 26.7 Å². The lowest BCUT2D eigenvalue weighted by Gasteiger charge is -2.36. The number of para-hydroxylation sites is 1. The maximum atomic E-state index is 15.5. The van der Waals surface area contributed by atoms with E-state index in [4.69, 9.17) is 10.5 Å². The van der Waals surface area contributed by atoms with E-state index in [2.05, 4.69) is 15.3 Å². The molecule has 0 bridgehead atoms. The van der Waals surface area contributed by atoms with Crippen LogP contribution in [0.2, 0.25) is 0 Å². The highest BCUT2D eigenvalue weighted by atomic mass is 19.4. The van der Waals surface area contributed by atoms with Gasteiger partial charge in [0.25, 0.3) is 0 Å². The summed E-state index contributed by atoms with van der Waals surface area (Å²) in [6.45, 7) is 0.841. The number of hydrogen-bond acceptors (Lipinski definition) is 6. The second-order valence-corrected chi connectivity index (χ2v) is 9.34. The zero-order valence-corrected chi connectivity index (χ0v) is 21.2. The molecule has 0 amide bonds. The van der Waals surface area contributed by atoms with E-state index < -0.39 is 29.1 Å². The van der Waals surface area contributed by atoms with Crippen LogP contribution in [0.3, 0.4) is 0 Å². The summed E-state index contributed by atoms with van der Waals surface area (Å²) in [5, 5.41) is 11.6. The number of hydrogen-bond donors (Lipinski definition) is 1. The van der Waals surface area contributed by atoms with Crippen molar-refractivity contribution in [1.82, 2.24) is 20.0 Å². The molecule has 5 rings (SSSR count). The van der Waals surface area contributed by atoms with Gasteiger partial charge in [-0.15, -0.1) is 0 Å². The number of benzene rings is 2. The lowest BCUT2D eigenvalue weighted by Crippen LogP contribution is -2.39. The molecular weight excluding hydrogens is 531 g/mol. The Morgan fingerprint density at radius 1 is 1.07 bits per heavy atom. The summed E-state index contributed by atoms with van der Waals surface area (Å²) >= 11 is 0. The van der Waals surface area contributed by atoms with E-state index in [1.807, 2.05) is 0 Å². The topological polar surface area (TPSA) is 82.1 Å². The van der Waals surface area contributed by atoms with Crippen molar-refractivity contribution >= 4 is 17.6 Å². The van der Waals surface area contributed by atoms with Gasteiger partial charge in [0.2, 0.25) is 0 Å². The quantitative estimate of drug-likeness (QED) is 0.271. The molecule has 3 heterocycles. The molecule has 2 aromatic heterocycles. The fourth-order valence-electron chi connectivity index (χ4n) is 4.74. The smallest absolute Gasteiger partial charge is 0.422 e. The van der Waals surface area contributed by atoms with Crippen molar-refractivity contribution in [3.8, 4) is 17.2 Å². The number of ether oxygens (including phenoxy) is 1. The van der Waals surface area contributed by atoms with Crippen LogP contribution in [0.15, 0.2) is 67.1 Å². The predicted octanol–water partition coefficient (Wildman–Crippen LogP) is 6.26. The number of nitrogens with zero attached hydrogens (tertiary/aromatic N) is 5. The Labute approximate surface area is 226 Å². The first-order valence-electron chi connectivity index (χ1n) is 12.6. The molecule has 1 aliphatic rings. The molecule has 1 saturated heterocycles. The third-order valence-corrected chi connectivity index (χ3v) is 6.63. The minimum absolute atomic E-state index is 0.0245. The Morgan fingerprint density at radius 2 is 1.90 bits per heavy atom. The average molecular weight is 557 g/mol. The number of nitrogens with two attached hydrogens (primary N) is 1. The van der Waals surface area contributed by atoms with Crippen LogP contribution in [0.1, 0.15) is 29.7 Å². The standard InChI is InChI=1S/C28H25F5N6O/c29-21-5-1-2-6-24(21)40-25-8-7-19(14-22(30)23-10-13-39(37-23)20-9-11-35-36-16-20)27(26(25)28(31,32)33)38-12-3-4-18(15-34)17-38/h1-2,5-11,13-14,16,18H,3-4,12,15,17,34H2/b22-14-. The van der Waals surface area contributed by atoms with Gasteiger partial charge in [-0.05, 0) is 67.8 Å². The molecule has 2 aromatic carbocycles. The average Bonchev–Trinajstić information content (AvgIpc) is 3.45. The first-order valence-corrected chi connectivity index (χ1v) is 12.6.